The molecular formula is C14H22ClN3O3S. The van der Waals surface area contributed by atoms with Gasteiger partial charge in [0, 0.05) is 25.3 Å². The fourth-order valence-corrected chi connectivity index (χ4v) is 4.13. The first kappa shape index (κ1) is 18.9. The lowest BCUT2D eigenvalue weighted by Gasteiger charge is -2.20. The van der Waals surface area contributed by atoms with Gasteiger partial charge in [-0.3, -0.25) is 4.79 Å². The first-order valence-corrected chi connectivity index (χ1v) is 8.53. The fourth-order valence-electron chi connectivity index (χ4n) is 2.62. The van der Waals surface area contributed by atoms with Crippen LogP contribution in [-0.4, -0.2) is 44.8 Å². The van der Waals surface area contributed by atoms with Gasteiger partial charge >= 0.3 is 0 Å². The smallest absolute Gasteiger partial charge is 0.243 e. The summed E-state index contributed by atoms with van der Waals surface area (Å²) in [5.74, 6) is -0.145. The first-order chi connectivity index (χ1) is 9.95. The van der Waals surface area contributed by atoms with Crippen molar-refractivity contribution in [1.82, 2.24) is 4.31 Å². The Morgan fingerprint density at radius 3 is 2.50 bits per heavy atom. The van der Waals surface area contributed by atoms with E-state index in [-0.39, 0.29) is 29.8 Å². The number of amides is 1. The minimum atomic E-state index is -3.46. The van der Waals surface area contributed by atoms with Gasteiger partial charge in [0.25, 0.3) is 0 Å². The van der Waals surface area contributed by atoms with Crippen molar-refractivity contribution < 1.29 is 13.2 Å². The van der Waals surface area contributed by atoms with Crippen LogP contribution in [-0.2, 0) is 21.2 Å². The maximum Gasteiger partial charge on any atom is 0.243 e. The lowest BCUT2D eigenvalue weighted by Crippen LogP contribution is -2.34. The Morgan fingerprint density at radius 1 is 1.32 bits per heavy atom. The van der Waals surface area contributed by atoms with Gasteiger partial charge in [0.05, 0.1) is 11.4 Å². The van der Waals surface area contributed by atoms with E-state index in [2.05, 4.69) is 0 Å². The lowest BCUT2D eigenvalue weighted by atomic mass is 10.2. The minimum Gasteiger partial charge on any atom is -0.322 e. The molecule has 0 atom stereocenters. The number of benzene rings is 1. The normalized spacial score (nSPS) is 13.9. The molecule has 1 aliphatic heterocycles. The van der Waals surface area contributed by atoms with Crippen molar-refractivity contribution in [3.63, 3.8) is 0 Å². The SMILES string of the molecule is CCN(CC)S(=O)(=O)c1ccc2c(c1)CCN2C(=O)CN.Cl. The number of nitrogens with two attached hydrogens (primary N) is 1. The molecule has 2 rings (SSSR count). The molecule has 6 nitrogen and oxygen atoms in total. The number of rotatable bonds is 5. The molecule has 1 aromatic rings. The van der Waals surface area contributed by atoms with Crippen LogP contribution in [0.25, 0.3) is 0 Å². The Balaban J connectivity index is 0.00000242. The number of carbonyl (C=O) groups is 1. The molecule has 0 saturated heterocycles. The molecule has 0 fully saturated rings. The van der Waals surface area contributed by atoms with E-state index in [0.29, 0.717) is 26.1 Å². The number of carbonyl (C=O) groups excluding carboxylic acids is 1. The second kappa shape index (κ2) is 7.41. The Morgan fingerprint density at radius 2 is 1.95 bits per heavy atom. The molecule has 22 heavy (non-hydrogen) atoms. The van der Waals surface area contributed by atoms with E-state index in [4.69, 9.17) is 5.73 Å². The third-order valence-electron chi connectivity index (χ3n) is 3.77. The largest absolute Gasteiger partial charge is 0.322 e. The van der Waals surface area contributed by atoms with Crippen LogP contribution in [0.3, 0.4) is 0 Å². The zero-order chi connectivity index (χ0) is 15.6. The number of sulfonamides is 1. The van der Waals surface area contributed by atoms with Gasteiger partial charge in [-0.05, 0) is 30.2 Å². The van der Waals surface area contributed by atoms with Crippen molar-refractivity contribution in [3.8, 4) is 0 Å². The van der Waals surface area contributed by atoms with Crippen LogP contribution in [0.5, 0.6) is 0 Å². The molecule has 124 valence electrons. The zero-order valence-electron chi connectivity index (χ0n) is 12.8. The summed E-state index contributed by atoms with van der Waals surface area (Å²) in [4.78, 5) is 13.6. The molecule has 0 saturated carbocycles. The van der Waals surface area contributed by atoms with Crippen LogP contribution >= 0.6 is 12.4 Å². The minimum absolute atomic E-state index is 0. The number of hydrogen-bond acceptors (Lipinski definition) is 4. The van der Waals surface area contributed by atoms with Gasteiger partial charge in [0.1, 0.15) is 0 Å². The predicted octanol–water partition coefficient (Wildman–Crippen LogP) is 0.987. The maximum absolute atomic E-state index is 12.5. The molecule has 1 aromatic carbocycles. The van der Waals surface area contributed by atoms with Gasteiger partial charge < -0.3 is 10.6 Å². The Labute approximate surface area is 137 Å². The Kier molecular flexibility index (Phi) is 6.37. The van der Waals surface area contributed by atoms with Crippen LogP contribution < -0.4 is 10.6 Å². The van der Waals surface area contributed by atoms with Crippen LogP contribution in [0.1, 0.15) is 19.4 Å². The monoisotopic (exact) mass is 347 g/mol. The first-order valence-electron chi connectivity index (χ1n) is 7.09. The van der Waals surface area contributed by atoms with E-state index in [9.17, 15) is 13.2 Å². The summed E-state index contributed by atoms with van der Waals surface area (Å²) in [5.41, 5.74) is 7.04. The summed E-state index contributed by atoms with van der Waals surface area (Å²) in [6.07, 6.45) is 0.655. The lowest BCUT2D eigenvalue weighted by molar-refractivity contribution is -0.117. The van der Waals surface area contributed by atoms with Crippen molar-refractivity contribution in [1.29, 1.82) is 0 Å². The van der Waals surface area contributed by atoms with Crippen LogP contribution in [0.15, 0.2) is 23.1 Å². The van der Waals surface area contributed by atoms with Gasteiger partial charge in [0.15, 0.2) is 0 Å². The van der Waals surface area contributed by atoms with E-state index in [1.807, 2.05) is 13.8 Å². The zero-order valence-corrected chi connectivity index (χ0v) is 14.4. The second-order valence-electron chi connectivity index (χ2n) is 4.88. The molecule has 0 spiro atoms. The van der Waals surface area contributed by atoms with Crippen molar-refractivity contribution in [3.05, 3.63) is 23.8 Å². The van der Waals surface area contributed by atoms with Gasteiger partial charge in [-0.25, -0.2) is 8.42 Å². The van der Waals surface area contributed by atoms with Crippen molar-refractivity contribution in [2.24, 2.45) is 5.73 Å². The highest BCUT2D eigenvalue weighted by Gasteiger charge is 2.27. The highest BCUT2D eigenvalue weighted by molar-refractivity contribution is 7.89. The number of nitrogens with zero attached hydrogens (tertiary/aromatic N) is 2. The van der Waals surface area contributed by atoms with Gasteiger partial charge in [0.2, 0.25) is 15.9 Å². The number of anilines is 1. The molecule has 0 aliphatic carbocycles. The second-order valence-corrected chi connectivity index (χ2v) is 6.82. The number of hydrogen-bond donors (Lipinski definition) is 1. The number of halogens is 1. The van der Waals surface area contributed by atoms with Crippen molar-refractivity contribution >= 4 is 34.0 Å². The summed E-state index contributed by atoms with van der Waals surface area (Å²) in [5, 5.41) is 0. The summed E-state index contributed by atoms with van der Waals surface area (Å²) >= 11 is 0. The topological polar surface area (TPSA) is 83.7 Å². The average molecular weight is 348 g/mol. The molecule has 1 amide bonds. The maximum atomic E-state index is 12.5. The third-order valence-corrected chi connectivity index (χ3v) is 5.81. The van der Waals surface area contributed by atoms with Crippen LogP contribution in [0, 0.1) is 0 Å². The summed E-state index contributed by atoms with van der Waals surface area (Å²) in [6.45, 7) is 5.02. The van der Waals surface area contributed by atoms with E-state index in [1.165, 1.54) is 4.31 Å². The third kappa shape index (κ3) is 3.27. The van der Waals surface area contributed by atoms with E-state index in [1.54, 1.807) is 23.1 Å². The molecule has 1 aliphatic rings. The highest BCUT2D eigenvalue weighted by atomic mass is 35.5. The molecular weight excluding hydrogens is 326 g/mol. The van der Waals surface area contributed by atoms with Crippen molar-refractivity contribution in [2.45, 2.75) is 25.2 Å². The van der Waals surface area contributed by atoms with Gasteiger partial charge in [-0.1, -0.05) is 13.8 Å². The predicted molar refractivity (Wildman–Crippen MR) is 88.9 cm³/mol. The summed E-state index contributed by atoms with van der Waals surface area (Å²) in [6, 6.07) is 4.94. The Bertz CT molecular complexity index is 645. The van der Waals surface area contributed by atoms with Crippen molar-refractivity contribution in [2.75, 3.05) is 31.1 Å². The quantitative estimate of drug-likeness (QED) is 0.860. The molecule has 0 aromatic heterocycles. The molecule has 2 N–H and O–H groups in total. The molecule has 1 heterocycles. The molecule has 0 bridgehead atoms. The van der Waals surface area contributed by atoms with E-state index in [0.717, 1.165) is 11.3 Å². The average Bonchev–Trinajstić information content (AvgIpc) is 2.90. The molecule has 0 unspecified atom stereocenters. The number of fused-ring (bicyclic) bond motifs is 1. The Hall–Kier alpha value is -1.15. The summed E-state index contributed by atoms with van der Waals surface area (Å²) in [7, 11) is -3.46. The standard InChI is InChI=1S/C14H21N3O3S.ClH/c1-3-16(4-2)21(19,20)12-5-6-13-11(9-12)7-8-17(13)14(18)10-15;/h5-6,9H,3-4,7-8,10,15H2,1-2H3;1H. The van der Waals surface area contributed by atoms with Gasteiger partial charge in [-0.2, -0.15) is 4.31 Å². The van der Waals surface area contributed by atoms with E-state index >= 15 is 0 Å². The highest BCUT2D eigenvalue weighted by Crippen LogP contribution is 2.31. The van der Waals surface area contributed by atoms with Crippen LogP contribution in [0.4, 0.5) is 5.69 Å². The molecule has 8 heteroatoms. The van der Waals surface area contributed by atoms with Crippen LogP contribution in [0.2, 0.25) is 0 Å². The fraction of sp³-hybridized carbons (Fsp3) is 0.500. The molecule has 0 radical (unpaired) electrons. The summed E-state index contributed by atoms with van der Waals surface area (Å²) < 4.78 is 26.4. The van der Waals surface area contributed by atoms with Gasteiger partial charge in [-0.15, -0.1) is 12.4 Å². The van der Waals surface area contributed by atoms with E-state index < -0.39 is 10.0 Å².